The lowest BCUT2D eigenvalue weighted by molar-refractivity contribution is -0.153. The van der Waals surface area contributed by atoms with Crippen LogP contribution in [0.15, 0.2) is 42.5 Å². The molecule has 4 atom stereocenters. The Bertz CT molecular complexity index is 936. The van der Waals surface area contributed by atoms with Gasteiger partial charge in [-0.3, -0.25) is 0 Å². The number of rotatable bonds is 9. The Labute approximate surface area is 207 Å². The summed E-state index contributed by atoms with van der Waals surface area (Å²) < 4.78 is 56.8. The summed E-state index contributed by atoms with van der Waals surface area (Å²) >= 11 is 0. The SMILES string of the molecule is CCCCCCC1CCC2CC(c3ccc(-c4ccc(OCC(F)(F)F)cc4)c(F)c3)CCC2C1. The van der Waals surface area contributed by atoms with Crippen LogP contribution in [0.25, 0.3) is 11.1 Å². The first-order valence-corrected chi connectivity index (χ1v) is 13.4. The van der Waals surface area contributed by atoms with E-state index in [1.807, 2.05) is 12.1 Å². The van der Waals surface area contributed by atoms with E-state index in [0.29, 0.717) is 17.0 Å². The third-order valence-electron chi connectivity index (χ3n) is 8.22. The van der Waals surface area contributed by atoms with Gasteiger partial charge in [-0.25, -0.2) is 4.39 Å². The minimum absolute atomic E-state index is 0.121. The second-order valence-corrected chi connectivity index (χ2v) is 10.7. The number of hydrogen-bond acceptors (Lipinski definition) is 1. The topological polar surface area (TPSA) is 9.23 Å². The van der Waals surface area contributed by atoms with Crippen LogP contribution in [0.3, 0.4) is 0 Å². The zero-order valence-corrected chi connectivity index (χ0v) is 20.8. The van der Waals surface area contributed by atoms with Gasteiger partial charge in [-0.1, -0.05) is 69.7 Å². The van der Waals surface area contributed by atoms with Crippen LogP contribution in [0.5, 0.6) is 5.75 Å². The standard InChI is InChI=1S/C30H38F4O/c1-2-3-4-5-6-21-7-8-24-18-25(10-9-23(24)17-21)26-13-16-28(29(31)19-26)22-11-14-27(15-12-22)35-20-30(32,33)34/h11-16,19,21,23-25H,2-10,17-18,20H2,1H3. The van der Waals surface area contributed by atoms with Crippen molar-refractivity contribution in [2.75, 3.05) is 6.61 Å². The fraction of sp³-hybridized carbons (Fsp3) is 0.600. The van der Waals surface area contributed by atoms with E-state index in [9.17, 15) is 13.2 Å². The molecule has 2 aliphatic rings. The summed E-state index contributed by atoms with van der Waals surface area (Å²) in [4.78, 5) is 0. The minimum Gasteiger partial charge on any atom is -0.484 e. The molecule has 2 saturated carbocycles. The second kappa shape index (κ2) is 11.8. The van der Waals surface area contributed by atoms with Gasteiger partial charge in [0.15, 0.2) is 6.61 Å². The first kappa shape index (κ1) is 26.0. The highest BCUT2D eigenvalue weighted by Crippen LogP contribution is 2.48. The van der Waals surface area contributed by atoms with Crippen LogP contribution >= 0.6 is 0 Å². The van der Waals surface area contributed by atoms with Gasteiger partial charge in [-0.15, -0.1) is 0 Å². The number of benzene rings is 2. The predicted molar refractivity (Wildman–Crippen MR) is 133 cm³/mol. The van der Waals surface area contributed by atoms with E-state index in [0.717, 1.165) is 36.2 Å². The van der Waals surface area contributed by atoms with Gasteiger partial charge in [-0.2, -0.15) is 13.2 Å². The Morgan fingerprint density at radius 2 is 1.60 bits per heavy atom. The van der Waals surface area contributed by atoms with Gasteiger partial charge in [0.2, 0.25) is 0 Å². The smallest absolute Gasteiger partial charge is 0.422 e. The zero-order chi connectivity index (χ0) is 24.8. The number of fused-ring (bicyclic) bond motifs is 1. The van der Waals surface area contributed by atoms with E-state index in [-0.39, 0.29) is 11.6 Å². The molecule has 0 spiro atoms. The maximum absolute atomic E-state index is 15.1. The van der Waals surface area contributed by atoms with Gasteiger partial charge in [0.1, 0.15) is 11.6 Å². The maximum atomic E-state index is 15.1. The van der Waals surface area contributed by atoms with Crippen molar-refractivity contribution in [2.45, 2.75) is 89.6 Å². The maximum Gasteiger partial charge on any atom is 0.422 e. The van der Waals surface area contributed by atoms with Crippen molar-refractivity contribution >= 4 is 0 Å². The molecule has 0 heterocycles. The van der Waals surface area contributed by atoms with Crippen LogP contribution in [-0.2, 0) is 0 Å². The average molecular weight is 491 g/mol. The lowest BCUT2D eigenvalue weighted by atomic mass is 9.63. The van der Waals surface area contributed by atoms with Crippen LogP contribution in [0.2, 0.25) is 0 Å². The van der Waals surface area contributed by atoms with Gasteiger partial charge in [-0.05, 0) is 85.1 Å². The number of alkyl halides is 3. The number of ether oxygens (including phenoxy) is 1. The van der Waals surface area contributed by atoms with Crippen molar-refractivity contribution in [3.63, 3.8) is 0 Å². The summed E-state index contributed by atoms with van der Waals surface area (Å²) in [5.41, 5.74) is 2.18. The molecule has 2 aromatic carbocycles. The molecule has 0 N–H and O–H groups in total. The molecular formula is C30H38F4O. The molecule has 4 unspecified atom stereocenters. The van der Waals surface area contributed by atoms with E-state index in [2.05, 4.69) is 6.92 Å². The Hall–Kier alpha value is -2.04. The van der Waals surface area contributed by atoms with E-state index in [1.54, 1.807) is 18.2 Å². The van der Waals surface area contributed by atoms with Crippen molar-refractivity contribution in [3.8, 4) is 16.9 Å². The molecule has 35 heavy (non-hydrogen) atoms. The summed E-state index contributed by atoms with van der Waals surface area (Å²) in [5.74, 6) is 2.79. The van der Waals surface area contributed by atoms with Crippen molar-refractivity contribution in [3.05, 3.63) is 53.8 Å². The average Bonchev–Trinajstić information content (AvgIpc) is 2.85. The molecule has 2 aromatic rings. The molecule has 192 valence electrons. The normalized spacial score (nSPS) is 24.7. The van der Waals surface area contributed by atoms with E-state index >= 15 is 4.39 Å². The first-order chi connectivity index (χ1) is 16.8. The highest BCUT2D eigenvalue weighted by molar-refractivity contribution is 5.65. The van der Waals surface area contributed by atoms with Gasteiger partial charge in [0.05, 0.1) is 0 Å². The van der Waals surface area contributed by atoms with Gasteiger partial charge < -0.3 is 4.74 Å². The fourth-order valence-corrected chi connectivity index (χ4v) is 6.33. The second-order valence-electron chi connectivity index (χ2n) is 10.7. The highest BCUT2D eigenvalue weighted by atomic mass is 19.4. The third kappa shape index (κ3) is 7.24. The molecule has 0 amide bonds. The van der Waals surface area contributed by atoms with Crippen LogP contribution < -0.4 is 4.74 Å². The van der Waals surface area contributed by atoms with Crippen LogP contribution in [0.4, 0.5) is 17.6 Å². The molecule has 5 heteroatoms. The molecule has 0 radical (unpaired) electrons. The molecule has 0 aliphatic heterocycles. The molecule has 0 bridgehead atoms. The summed E-state index contributed by atoms with van der Waals surface area (Å²) in [6.07, 6.45) is 10.0. The van der Waals surface area contributed by atoms with Gasteiger partial charge in [0, 0.05) is 5.56 Å². The summed E-state index contributed by atoms with van der Waals surface area (Å²) in [6, 6.07) is 11.7. The fourth-order valence-electron chi connectivity index (χ4n) is 6.33. The van der Waals surface area contributed by atoms with Gasteiger partial charge >= 0.3 is 6.18 Å². The van der Waals surface area contributed by atoms with E-state index in [1.165, 1.54) is 69.9 Å². The Kier molecular flexibility index (Phi) is 8.77. The lowest BCUT2D eigenvalue weighted by Crippen LogP contribution is -2.30. The summed E-state index contributed by atoms with van der Waals surface area (Å²) in [6.45, 7) is 0.930. The van der Waals surface area contributed by atoms with Crippen molar-refractivity contribution in [2.24, 2.45) is 17.8 Å². The Balaban J connectivity index is 1.32. The number of unbranched alkanes of at least 4 members (excludes halogenated alkanes) is 3. The van der Waals surface area contributed by atoms with E-state index < -0.39 is 12.8 Å². The highest BCUT2D eigenvalue weighted by Gasteiger charge is 2.36. The minimum atomic E-state index is -4.38. The van der Waals surface area contributed by atoms with Crippen molar-refractivity contribution < 1.29 is 22.3 Å². The molecule has 2 fully saturated rings. The Morgan fingerprint density at radius 1 is 0.857 bits per heavy atom. The predicted octanol–water partition coefficient (Wildman–Crippen LogP) is 9.70. The quantitative estimate of drug-likeness (QED) is 0.251. The van der Waals surface area contributed by atoms with E-state index in [4.69, 9.17) is 4.74 Å². The van der Waals surface area contributed by atoms with Crippen LogP contribution in [-0.4, -0.2) is 12.8 Å². The molecule has 2 aliphatic carbocycles. The Morgan fingerprint density at radius 3 is 2.31 bits per heavy atom. The monoisotopic (exact) mass is 490 g/mol. The van der Waals surface area contributed by atoms with Crippen molar-refractivity contribution in [1.82, 2.24) is 0 Å². The summed E-state index contributed by atoms with van der Waals surface area (Å²) in [5, 5.41) is 0. The number of hydrogen-bond donors (Lipinski definition) is 0. The van der Waals surface area contributed by atoms with Crippen LogP contribution in [0, 0.1) is 23.6 Å². The van der Waals surface area contributed by atoms with Crippen LogP contribution in [0.1, 0.15) is 89.0 Å². The third-order valence-corrected chi connectivity index (χ3v) is 8.22. The molecule has 0 aromatic heterocycles. The zero-order valence-electron chi connectivity index (χ0n) is 20.8. The molecular weight excluding hydrogens is 452 g/mol. The molecule has 1 nitrogen and oxygen atoms in total. The van der Waals surface area contributed by atoms with Gasteiger partial charge in [0.25, 0.3) is 0 Å². The largest absolute Gasteiger partial charge is 0.484 e. The lowest BCUT2D eigenvalue weighted by Gasteiger charge is -2.42. The summed E-state index contributed by atoms with van der Waals surface area (Å²) in [7, 11) is 0. The molecule has 0 saturated heterocycles. The first-order valence-electron chi connectivity index (χ1n) is 13.4. The number of halogens is 4. The molecule has 4 rings (SSSR count). The van der Waals surface area contributed by atoms with Crippen molar-refractivity contribution in [1.29, 1.82) is 0 Å².